The average Bonchev–Trinajstić information content (AvgIpc) is 3.32. The van der Waals surface area contributed by atoms with Crippen LogP contribution in [0.1, 0.15) is 24.2 Å². The summed E-state index contributed by atoms with van der Waals surface area (Å²) in [7, 11) is 0. The molecule has 25 heavy (non-hydrogen) atoms. The number of guanidine groups is 1. The average molecular weight is 359 g/mol. The van der Waals surface area contributed by atoms with Gasteiger partial charge in [-0.25, -0.2) is 19.8 Å². The molecule has 2 aromatic rings. The maximum absolute atomic E-state index is 12.2. The van der Waals surface area contributed by atoms with Crippen LogP contribution in [0, 0.1) is 13.8 Å². The fourth-order valence-corrected chi connectivity index (χ4v) is 2.30. The van der Waals surface area contributed by atoms with Gasteiger partial charge in [-0.2, -0.15) is 0 Å². The number of anilines is 2. The molecule has 3 N–H and O–H groups in total. The van der Waals surface area contributed by atoms with Crippen LogP contribution in [0.4, 0.5) is 16.4 Å². The first-order chi connectivity index (χ1) is 12.0. The Balaban J connectivity index is 1.68. The van der Waals surface area contributed by atoms with Crippen molar-refractivity contribution in [2.24, 2.45) is 4.99 Å². The van der Waals surface area contributed by atoms with Crippen LogP contribution in [0.3, 0.4) is 0 Å². The molecule has 1 saturated carbocycles. The number of urea groups is 1. The number of nitrogens with one attached hydrogen (secondary N) is 3. The zero-order chi connectivity index (χ0) is 17.8. The molecule has 1 fully saturated rings. The van der Waals surface area contributed by atoms with Crippen molar-refractivity contribution in [1.82, 2.24) is 15.3 Å². The number of benzene rings is 1. The minimum atomic E-state index is -0.404. The number of carbonyl (C=O) groups is 1. The molecule has 0 spiro atoms. The van der Waals surface area contributed by atoms with E-state index >= 15 is 0 Å². The van der Waals surface area contributed by atoms with E-state index in [9.17, 15) is 4.79 Å². The van der Waals surface area contributed by atoms with E-state index in [2.05, 4.69) is 30.9 Å². The predicted molar refractivity (Wildman–Crippen MR) is 99.2 cm³/mol. The minimum Gasteiger partial charge on any atom is -0.308 e. The van der Waals surface area contributed by atoms with E-state index in [4.69, 9.17) is 11.6 Å². The van der Waals surface area contributed by atoms with Crippen LogP contribution in [0.2, 0.25) is 5.02 Å². The number of amides is 2. The third-order valence-corrected chi connectivity index (χ3v) is 3.66. The Bertz CT molecular complexity index is 781. The van der Waals surface area contributed by atoms with Gasteiger partial charge >= 0.3 is 6.03 Å². The van der Waals surface area contributed by atoms with Gasteiger partial charge in [-0.3, -0.25) is 10.6 Å². The van der Waals surface area contributed by atoms with Crippen LogP contribution < -0.4 is 16.0 Å². The van der Waals surface area contributed by atoms with Crippen molar-refractivity contribution in [1.29, 1.82) is 0 Å². The lowest BCUT2D eigenvalue weighted by atomic mass is 10.3. The molecule has 2 amide bonds. The Morgan fingerprint density at radius 3 is 2.36 bits per heavy atom. The molecule has 7 nitrogen and oxygen atoms in total. The quantitative estimate of drug-likeness (QED) is 0.578. The summed E-state index contributed by atoms with van der Waals surface area (Å²) in [5.74, 6) is 0.739. The normalized spacial score (nSPS) is 14.1. The van der Waals surface area contributed by atoms with Gasteiger partial charge < -0.3 is 5.32 Å². The topological polar surface area (TPSA) is 91.3 Å². The molecule has 0 unspecified atom stereocenters. The lowest BCUT2D eigenvalue weighted by Gasteiger charge is -2.12. The molecule has 0 radical (unpaired) electrons. The summed E-state index contributed by atoms with van der Waals surface area (Å²) in [5, 5.41) is 9.05. The highest BCUT2D eigenvalue weighted by molar-refractivity contribution is 6.30. The van der Waals surface area contributed by atoms with Crippen molar-refractivity contribution >= 4 is 35.2 Å². The molecule has 0 atom stereocenters. The molecule has 3 rings (SSSR count). The van der Waals surface area contributed by atoms with Crippen LogP contribution in [0.5, 0.6) is 0 Å². The van der Waals surface area contributed by atoms with Crippen molar-refractivity contribution in [3.05, 3.63) is 46.7 Å². The molecule has 1 aliphatic rings. The first-order valence-corrected chi connectivity index (χ1v) is 8.36. The minimum absolute atomic E-state index is 0.226. The maximum Gasteiger partial charge on any atom is 0.326 e. The van der Waals surface area contributed by atoms with Crippen molar-refractivity contribution in [3.8, 4) is 0 Å². The van der Waals surface area contributed by atoms with Crippen molar-refractivity contribution < 1.29 is 4.79 Å². The molecule has 1 heterocycles. The monoisotopic (exact) mass is 358 g/mol. The number of hydrogen-bond acceptors (Lipinski definition) is 4. The Labute approximate surface area is 150 Å². The Morgan fingerprint density at radius 1 is 1.12 bits per heavy atom. The second-order valence-electron chi connectivity index (χ2n) is 5.89. The van der Waals surface area contributed by atoms with Gasteiger partial charge in [0.15, 0.2) is 0 Å². The second-order valence-corrected chi connectivity index (χ2v) is 6.33. The number of nitrogens with zero attached hydrogens (tertiary/aromatic N) is 3. The Morgan fingerprint density at radius 2 is 1.76 bits per heavy atom. The van der Waals surface area contributed by atoms with Gasteiger partial charge in [0.1, 0.15) is 0 Å². The summed E-state index contributed by atoms with van der Waals surface area (Å²) in [6, 6.07) is 8.56. The first kappa shape index (κ1) is 17.2. The van der Waals surface area contributed by atoms with Gasteiger partial charge in [0, 0.05) is 22.1 Å². The van der Waals surface area contributed by atoms with Crippen LogP contribution in [-0.4, -0.2) is 28.0 Å². The molecule has 0 bridgehead atoms. The molecule has 0 aliphatic heterocycles. The Hall–Kier alpha value is -2.67. The van der Waals surface area contributed by atoms with E-state index in [1.807, 2.05) is 19.9 Å². The summed E-state index contributed by atoms with van der Waals surface area (Å²) >= 11 is 5.84. The molecule has 0 saturated heterocycles. The van der Waals surface area contributed by atoms with Gasteiger partial charge in [0.05, 0.1) is 6.04 Å². The summed E-state index contributed by atoms with van der Waals surface area (Å²) in [4.78, 5) is 25.3. The number of aromatic nitrogens is 2. The summed E-state index contributed by atoms with van der Waals surface area (Å²) in [6.45, 7) is 3.77. The Kier molecular flexibility index (Phi) is 5.14. The number of halogens is 1. The molecular formula is C17H19ClN6O. The largest absolute Gasteiger partial charge is 0.326 e. The van der Waals surface area contributed by atoms with E-state index in [1.54, 1.807) is 24.3 Å². The fourth-order valence-electron chi connectivity index (χ4n) is 2.17. The molecular weight excluding hydrogens is 340 g/mol. The van der Waals surface area contributed by atoms with Crippen LogP contribution in [0.15, 0.2) is 35.3 Å². The summed E-state index contributed by atoms with van der Waals surface area (Å²) in [6.07, 6.45) is 2.03. The number of rotatable bonds is 3. The second kappa shape index (κ2) is 7.48. The van der Waals surface area contributed by atoms with E-state index in [1.165, 1.54) is 0 Å². The number of aryl methyl sites for hydroxylation is 2. The van der Waals surface area contributed by atoms with E-state index in [0.717, 1.165) is 24.2 Å². The lowest BCUT2D eigenvalue weighted by Crippen LogP contribution is -2.39. The van der Waals surface area contributed by atoms with Crippen molar-refractivity contribution in [3.63, 3.8) is 0 Å². The number of aliphatic imine (C=N–C) groups is 1. The molecule has 1 aromatic heterocycles. The van der Waals surface area contributed by atoms with E-state index < -0.39 is 6.03 Å². The van der Waals surface area contributed by atoms with Crippen molar-refractivity contribution in [2.45, 2.75) is 32.7 Å². The predicted octanol–water partition coefficient (Wildman–Crippen LogP) is 3.50. The number of hydrogen-bond donors (Lipinski definition) is 3. The highest BCUT2D eigenvalue weighted by Gasteiger charge is 2.22. The summed E-state index contributed by atoms with van der Waals surface area (Å²) in [5.41, 5.74) is 2.31. The smallest absolute Gasteiger partial charge is 0.308 e. The molecule has 1 aliphatic carbocycles. The maximum atomic E-state index is 12.2. The number of carbonyl (C=O) groups excluding carboxylic acids is 1. The highest BCUT2D eigenvalue weighted by Crippen LogP contribution is 2.23. The van der Waals surface area contributed by atoms with Gasteiger partial charge in [-0.15, -0.1) is 0 Å². The van der Waals surface area contributed by atoms with Gasteiger partial charge in [-0.1, -0.05) is 11.6 Å². The highest BCUT2D eigenvalue weighted by atomic mass is 35.5. The standard InChI is InChI=1S/C17H19ClN6O/c1-10-9-11(2)20-15(19-10)23-16(21-13-7-8-13)24-17(25)22-14-5-3-12(18)4-6-14/h3-6,9,13H,7-8H2,1-2H3,(H3,19,20,21,22,23,24,25). The molecule has 1 aromatic carbocycles. The van der Waals surface area contributed by atoms with Gasteiger partial charge in [-0.05, 0) is 57.0 Å². The van der Waals surface area contributed by atoms with Crippen LogP contribution in [0.25, 0.3) is 0 Å². The summed E-state index contributed by atoms with van der Waals surface area (Å²) < 4.78 is 0. The third kappa shape index (κ3) is 5.42. The molecule has 130 valence electrons. The lowest BCUT2D eigenvalue weighted by molar-refractivity contribution is 0.256. The zero-order valence-electron chi connectivity index (χ0n) is 14.0. The van der Waals surface area contributed by atoms with Crippen LogP contribution >= 0.6 is 11.6 Å². The zero-order valence-corrected chi connectivity index (χ0v) is 14.8. The van der Waals surface area contributed by atoms with E-state index in [-0.39, 0.29) is 6.04 Å². The molecule has 8 heteroatoms. The van der Waals surface area contributed by atoms with E-state index in [0.29, 0.717) is 22.6 Å². The van der Waals surface area contributed by atoms with Crippen molar-refractivity contribution in [2.75, 3.05) is 10.6 Å². The van der Waals surface area contributed by atoms with Crippen LogP contribution in [-0.2, 0) is 0 Å². The third-order valence-electron chi connectivity index (χ3n) is 3.41. The van der Waals surface area contributed by atoms with Gasteiger partial charge in [0.2, 0.25) is 11.9 Å². The van der Waals surface area contributed by atoms with Gasteiger partial charge in [0.25, 0.3) is 0 Å². The SMILES string of the molecule is Cc1cc(C)nc(NC(=NC2CC2)NC(=O)Nc2ccc(Cl)cc2)n1. The first-order valence-electron chi connectivity index (χ1n) is 7.98. The fraction of sp³-hybridized carbons (Fsp3) is 0.294.